The highest BCUT2D eigenvalue weighted by molar-refractivity contribution is 5.99. The third-order valence-corrected chi connectivity index (χ3v) is 3.55. The van der Waals surface area contributed by atoms with E-state index < -0.39 is 5.97 Å². The average molecular weight is 334 g/mol. The fraction of sp³-hybridized carbons (Fsp3) is 0.150. The molecule has 0 aliphatic carbocycles. The molecule has 0 unspecified atom stereocenters. The van der Waals surface area contributed by atoms with Gasteiger partial charge in [-0.1, -0.05) is 36.4 Å². The molecule has 0 aliphatic heterocycles. The summed E-state index contributed by atoms with van der Waals surface area (Å²) in [4.78, 5) is 20.6. The minimum atomic E-state index is -0.456. The van der Waals surface area contributed by atoms with Crippen molar-refractivity contribution >= 4 is 22.9 Å². The molecule has 0 N–H and O–H groups in total. The maximum atomic E-state index is 12.2. The quantitative estimate of drug-likeness (QED) is 0.640. The van der Waals surface area contributed by atoms with Gasteiger partial charge in [0.15, 0.2) is 0 Å². The molecule has 0 bridgehead atoms. The van der Waals surface area contributed by atoms with E-state index in [0.29, 0.717) is 28.8 Å². The Morgan fingerprint density at radius 1 is 1.16 bits per heavy atom. The number of nitrogens with zero attached hydrogens (tertiary/aromatic N) is 2. The standard InChI is InChI=1S/C20H18N2O3/c1-2-24-20(23)17-14-22-18-10-11-21-13-16(18)19(17)25-12-6-9-15-7-4-3-5-8-15/h3-11,13-14H,2,12H2,1H3/b9-6+. The van der Waals surface area contributed by atoms with Crippen LogP contribution in [0.15, 0.2) is 61.1 Å². The monoisotopic (exact) mass is 334 g/mol. The van der Waals surface area contributed by atoms with E-state index in [4.69, 9.17) is 9.47 Å². The molecule has 0 fully saturated rings. The topological polar surface area (TPSA) is 61.3 Å². The Kier molecular flexibility index (Phi) is 5.36. The van der Waals surface area contributed by atoms with Crippen LogP contribution in [0.4, 0.5) is 0 Å². The number of fused-ring (bicyclic) bond motifs is 1. The van der Waals surface area contributed by atoms with Crippen molar-refractivity contribution in [2.45, 2.75) is 6.92 Å². The van der Waals surface area contributed by atoms with E-state index in [1.807, 2.05) is 42.5 Å². The maximum absolute atomic E-state index is 12.2. The van der Waals surface area contributed by atoms with Crippen LogP contribution < -0.4 is 4.74 Å². The summed E-state index contributed by atoms with van der Waals surface area (Å²) in [5.41, 5.74) is 2.10. The third kappa shape index (κ3) is 4.01. The summed E-state index contributed by atoms with van der Waals surface area (Å²) in [6, 6.07) is 11.7. The van der Waals surface area contributed by atoms with Crippen LogP contribution in [0.1, 0.15) is 22.8 Å². The number of benzene rings is 1. The Hall–Kier alpha value is -3.21. The van der Waals surface area contributed by atoms with Crippen molar-refractivity contribution < 1.29 is 14.3 Å². The summed E-state index contributed by atoms with van der Waals surface area (Å²) in [6.07, 6.45) is 8.63. The lowest BCUT2D eigenvalue weighted by Gasteiger charge is -2.11. The number of esters is 1. The Morgan fingerprint density at radius 3 is 2.80 bits per heavy atom. The second-order valence-electron chi connectivity index (χ2n) is 5.24. The molecule has 0 saturated carbocycles. The SMILES string of the molecule is CCOC(=O)c1cnc2ccncc2c1OC/C=C/c1ccccc1. The van der Waals surface area contributed by atoms with Gasteiger partial charge in [0.25, 0.3) is 0 Å². The van der Waals surface area contributed by atoms with Gasteiger partial charge < -0.3 is 9.47 Å². The lowest BCUT2D eigenvalue weighted by Crippen LogP contribution is -2.09. The van der Waals surface area contributed by atoms with Crippen LogP contribution in [0.3, 0.4) is 0 Å². The molecule has 0 atom stereocenters. The van der Waals surface area contributed by atoms with Crippen molar-refractivity contribution in [1.82, 2.24) is 9.97 Å². The van der Waals surface area contributed by atoms with Crippen molar-refractivity contribution in [3.8, 4) is 5.75 Å². The summed E-state index contributed by atoms with van der Waals surface area (Å²) >= 11 is 0. The highest BCUT2D eigenvalue weighted by atomic mass is 16.5. The molecule has 3 aromatic rings. The van der Waals surface area contributed by atoms with Crippen molar-refractivity contribution in [2.24, 2.45) is 0 Å². The normalized spacial score (nSPS) is 10.9. The van der Waals surface area contributed by atoms with Crippen LogP contribution in [-0.2, 0) is 4.74 Å². The maximum Gasteiger partial charge on any atom is 0.343 e. The van der Waals surface area contributed by atoms with Crippen LogP contribution in [0, 0.1) is 0 Å². The molecule has 5 heteroatoms. The van der Waals surface area contributed by atoms with Gasteiger partial charge in [-0.05, 0) is 24.6 Å². The number of ether oxygens (including phenoxy) is 2. The molecule has 25 heavy (non-hydrogen) atoms. The number of rotatable bonds is 6. The predicted octanol–water partition coefficient (Wildman–Crippen LogP) is 3.90. The molecule has 0 radical (unpaired) electrons. The summed E-state index contributed by atoms with van der Waals surface area (Å²) in [5.74, 6) is -0.0166. The summed E-state index contributed by atoms with van der Waals surface area (Å²) in [6.45, 7) is 2.36. The van der Waals surface area contributed by atoms with E-state index in [1.165, 1.54) is 6.20 Å². The number of aromatic nitrogens is 2. The third-order valence-electron chi connectivity index (χ3n) is 3.55. The summed E-state index contributed by atoms with van der Waals surface area (Å²) < 4.78 is 11.0. The molecular formula is C20H18N2O3. The zero-order valence-electron chi connectivity index (χ0n) is 13.9. The van der Waals surface area contributed by atoms with Gasteiger partial charge in [0.2, 0.25) is 0 Å². The molecular weight excluding hydrogens is 316 g/mol. The number of hydrogen-bond acceptors (Lipinski definition) is 5. The number of hydrogen-bond donors (Lipinski definition) is 0. The number of carbonyl (C=O) groups excluding carboxylic acids is 1. The molecule has 0 amide bonds. The molecule has 2 aromatic heterocycles. The first-order chi connectivity index (χ1) is 12.3. The predicted molar refractivity (Wildman–Crippen MR) is 96.5 cm³/mol. The Labute approximate surface area is 145 Å². The average Bonchev–Trinajstić information content (AvgIpc) is 2.66. The summed E-state index contributed by atoms with van der Waals surface area (Å²) in [7, 11) is 0. The second kappa shape index (κ2) is 8.06. The van der Waals surface area contributed by atoms with Crippen LogP contribution in [0.25, 0.3) is 17.0 Å². The Morgan fingerprint density at radius 2 is 2.00 bits per heavy atom. The molecule has 3 rings (SSSR count). The van der Waals surface area contributed by atoms with E-state index in [-0.39, 0.29) is 6.61 Å². The van der Waals surface area contributed by atoms with Crippen molar-refractivity contribution in [3.63, 3.8) is 0 Å². The van der Waals surface area contributed by atoms with E-state index in [0.717, 1.165) is 5.56 Å². The van der Waals surface area contributed by atoms with E-state index >= 15 is 0 Å². The van der Waals surface area contributed by atoms with Crippen molar-refractivity contribution in [3.05, 3.63) is 72.2 Å². The first-order valence-corrected chi connectivity index (χ1v) is 8.04. The zero-order chi connectivity index (χ0) is 17.5. The molecule has 0 aliphatic rings. The molecule has 126 valence electrons. The van der Waals surface area contributed by atoms with Crippen molar-refractivity contribution in [1.29, 1.82) is 0 Å². The molecule has 0 saturated heterocycles. The Balaban J connectivity index is 1.86. The second-order valence-corrected chi connectivity index (χ2v) is 5.24. The van der Waals surface area contributed by atoms with Gasteiger partial charge in [0.1, 0.15) is 17.9 Å². The first kappa shape index (κ1) is 16.6. The van der Waals surface area contributed by atoms with Gasteiger partial charge in [0.05, 0.1) is 17.5 Å². The lowest BCUT2D eigenvalue weighted by atomic mass is 10.1. The van der Waals surface area contributed by atoms with Crippen LogP contribution in [-0.4, -0.2) is 29.2 Å². The molecule has 1 aromatic carbocycles. The van der Waals surface area contributed by atoms with Gasteiger partial charge >= 0.3 is 5.97 Å². The van der Waals surface area contributed by atoms with Gasteiger partial charge in [-0.3, -0.25) is 9.97 Å². The molecule has 2 heterocycles. The zero-order valence-corrected chi connectivity index (χ0v) is 13.9. The van der Waals surface area contributed by atoms with Gasteiger partial charge in [-0.25, -0.2) is 4.79 Å². The van der Waals surface area contributed by atoms with Crippen LogP contribution in [0.2, 0.25) is 0 Å². The molecule has 0 spiro atoms. The van der Waals surface area contributed by atoms with Crippen molar-refractivity contribution in [2.75, 3.05) is 13.2 Å². The Bertz CT molecular complexity index is 892. The van der Waals surface area contributed by atoms with Crippen LogP contribution >= 0.6 is 0 Å². The van der Waals surface area contributed by atoms with E-state index in [9.17, 15) is 4.79 Å². The van der Waals surface area contributed by atoms with Crippen LogP contribution in [0.5, 0.6) is 5.75 Å². The number of carbonyl (C=O) groups is 1. The highest BCUT2D eigenvalue weighted by Crippen LogP contribution is 2.28. The fourth-order valence-electron chi connectivity index (χ4n) is 2.40. The van der Waals surface area contributed by atoms with Gasteiger partial charge in [0, 0.05) is 18.6 Å². The smallest absolute Gasteiger partial charge is 0.343 e. The minimum Gasteiger partial charge on any atom is -0.488 e. The van der Waals surface area contributed by atoms with E-state index in [2.05, 4.69) is 9.97 Å². The minimum absolute atomic E-state index is 0.289. The van der Waals surface area contributed by atoms with Gasteiger partial charge in [-0.15, -0.1) is 0 Å². The lowest BCUT2D eigenvalue weighted by molar-refractivity contribution is 0.0522. The van der Waals surface area contributed by atoms with E-state index in [1.54, 1.807) is 25.4 Å². The number of pyridine rings is 2. The first-order valence-electron chi connectivity index (χ1n) is 8.04. The highest BCUT2D eigenvalue weighted by Gasteiger charge is 2.17. The summed E-state index contributed by atoms with van der Waals surface area (Å²) in [5, 5.41) is 0.682. The van der Waals surface area contributed by atoms with Gasteiger partial charge in [-0.2, -0.15) is 0 Å². The largest absolute Gasteiger partial charge is 0.488 e. The molecule has 5 nitrogen and oxygen atoms in total. The fourth-order valence-corrected chi connectivity index (χ4v) is 2.40.